The van der Waals surface area contributed by atoms with Crippen molar-refractivity contribution in [2.24, 2.45) is 5.92 Å². The fourth-order valence-electron chi connectivity index (χ4n) is 3.72. The summed E-state index contributed by atoms with van der Waals surface area (Å²) < 4.78 is 10.7. The highest BCUT2D eigenvalue weighted by Crippen LogP contribution is 2.30. The largest absolute Gasteiger partial charge is 0.495 e. The van der Waals surface area contributed by atoms with Gasteiger partial charge in [0.05, 0.1) is 30.3 Å². The van der Waals surface area contributed by atoms with E-state index in [2.05, 4.69) is 20.4 Å². The quantitative estimate of drug-likeness (QED) is 0.482. The van der Waals surface area contributed by atoms with Gasteiger partial charge in [0.2, 0.25) is 17.6 Å². The summed E-state index contributed by atoms with van der Waals surface area (Å²) in [5, 5.41) is 8.49. The molecule has 1 amide bonds. The molecule has 0 saturated carbocycles. The highest BCUT2D eigenvalue weighted by molar-refractivity contribution is 6.36. The monoisotopic (exact) mass is 494 g/mol. The van der Waals surface area contributed by atoms with Gasteiger partial charge in [-0.2, -0.15) is 4.98 Å². The van der Waals surface area contributed by atoms with Crippen LogP contribution in [0.1, 0.15) is 18.7 Å². The summed E-state index contributed by atoms with van der Waals surface area (Å²) >= 11 is 18.3. The lowest BCUT2D eigenvalue weighted by Crippen LogP contribution is -2.40. The number of likely N-dealkylation sites (tertiary alicyclic amines) is 1. The maximum absolute atomic E-state index is 12.9. The maximum atomic E-state index is 12.9. The topological polar surface area (TPSA) is 80.5 Å². The highest BCUT2D eigenvalue weighted by Gasteiger charge is 2.27. The number of aromatic nitrogens is 2. The number of rotatable bonds is 6. The molecule has 1 N–H and O–H groups in total. The Bertz CT molecular complexity index is 1120. The second-order valence-electron chi connectivity index (χ2n) is 7.54. The normalized spacial score (nSPS) is 16.7. The van der Waals surface area contributed by atoms with Gasteiger partial charge >= 0.3 is 0 Å². The van der Waals surface area contributed by atoms with Crippen LogP contribution in [-0.4, -0.2) is 41.1 Å². The van der Waals surface area contributed by atoms with Crippen LogP contribution in [0.4, 0.5) is 5.69 Å². The minimum atomic E-state index is -0.180. The number of piperidine rings is 1. The molecular formula is C22H21Cl3N4O3. The van der Waals surface area contributed by atoms with Crippen molar-refractivity contribution in [3.63, 3.8) is 0 Å². The molecule has 0 aliphatic carbocycles. The summed E-state index contributed by atoms with van der Waals surface area (Å²) in [4.78, 5) is 19.5. The van der Waals surface area contributed by atoms with Crippen molar-refractivity contribution in [2.75, 3.05) is 25.5 Å². The van der Waals surface area contributed by atoms with E-state index in [1.54, 1.807) is 43.5 Å². The van der Waals surface area contributed by atoms with Crippen LogP contribution in [0.3, 0.4) is 0 Å². The van der Waals surface area contributed by atoms with E-state index >= 15 is 0 Å². The molecule has 1 aliphatic heterocycles. The Hall–Kier alpha value is -2.32. The summed E-state index contributed by atoms with van der Waals surface area (Å²) in [6.45, 7) is 1.86. The van der Waals surface area contributed by atoms with Crippen molar-refractivity contribution >= 4 is 46.4 Å². The number of amides is 1. The third-order valence-electron chi connectivity index (χ3n) is 5.29. The van der Waals surface area contributed by atoms with Crippen LogP contribution in [0.2, 0.25) is 15.1 Å². The van der Waals surface area contributed by atoms with Crippen LogP contribution in [-0.2, 0) is 11.3 Å². The molecule has 1 aliphatic rings. The first-order chi connectivity index (χ1) is 15.4. The van der Waals surface area contributed by atoms with E-state index in [9.17, 15) is 4.79 Å². The van der Waals surface area contributed by atoms with Crippen LogP contribution in [0.5, 0.6) is 5.75 Å². The molecule has 1 saturated heterocycles. The van der Waals surface area contributed by atoms with Gasteiger partial charge in [-0.3, -0.25) is 9.69 Å². The zero-order chi connectivity index (χ0) is 22.7. The number of hydrogen-bond donors (Lipinski definition) is 1. The minimum absolute atomic E-state index is 0.0746. The Kier molecular flexibility index (Phi) is 7.20. The number of halogens is 3. The zero-order valence-corrected chi connectivity index (χ0v) is 19.5. The Morgan fingerprint density at radius 1 is 1.22 bits per heavy atom. The molecule has 0 spiro atoms. The molecular weight excluding hydrogens is 475 g/mol. The number of nitrogens with zero attached hydrogens (tertiary/aromatic N) is 3. The van der Waals surface area contributed by atoms with E-state index in [1.807, 2.05) is 0 Å². The molecule has 0 bridgehead atoms. The number of benzene rings is 2. The van der Waals surface area contributed by atoms with Gasteiger partial charge in [-0.1, -0.05) is 40.0 Å². The summed E-state index contributed by atoms with van der Waals surface area (Å²) in [6, 6.07) is 10.2. The molecule has 168 valence electrons. The average Bonchev–Trinajstić information content (AvgIpc) is 3.22. The lowest BCUT2D eigenvalue weighted by molar-refractivity contribution is -0.121. The van der Waals surface area contributed by atoms with E-state index in [-0.39, 0.29) is 11.8 Å². The van der Waals surface area contributed by atoms with Gasteiger partial charge in [0.15, 0.2) is 0 Å². The number of ether oxygens (including phenoxy) is 1. The number of carbonyl (C=O) groups is 1. The minimum Gasteiger partial charge on any atom is -0.495 e. The first kappa shape index (κ1) is 22.9. The van der Waals surface area contributed by atoms with Gasteiger partial charge in [0.1, 0.15) is 5.75 Å². The molecule has 1 aromatic heterocycles. The second kappa shape index (κ2) is 10.1. The van der Waals surface area contributed by atoms with E-state index in [0.717, 1.165) is 19.4 Å². The smallest absolute Gasteiger partial charge is 0.241 e. The van der Waals surface area contributed by atoms with E-state index in [1.165, 1.54) is 0 Å². The van der Waals surface area contributed by atoms with Crippen LogP contribution in [0.15, 0.2) is 40.9 Å². The number of nitrogens with one attached hydrogen (secondary N) is 1. The third kappa shape index (κ3) is 5.35. The average molecular weight is 496 g/mol. The molecule has 10 heteroatoms. The standard InChI is InChI=1S/C22H21Cl3N4O3/c1-31-19-7-5-15(24)10-18(19)26-22(30)13-3-2-8-29(11-13)12-20-27-21(28-32-20)16-6-4-14(23)9-17(16)25/h4-7,9-10,13H,2-3,8,11-12H2,1H3,(H,26,30). The van der Waals surface area contributed by atoms with Crippen LogP contribution in [0.25, 0.3) is 11.4 Å². The Morgan fingerprint density at radius 3 is 2.78 bits per heavy atom. The van der Waals surface area contributed by atoms with Crippen molar-refractivity contribution in [1.29, 1.82) is 0 Å². The molecule has 4 rings (SSSR count). The second-order valence-corrected chi connectivity index (χ2v) is 8.82. The Balaban J connectivity index is 1.40. The van der Waals surface area contributed by atoms with Gasteiger partial charge in [-0.05, 0) is 55.8 Å². The molecule has 1 fully saturated rings. The zero-order valence-electron chi connectivity index (χ0n) is 17.3. The lowest BCUT2D eigenvalue weighted by atomic mass is 9.97. The molecule has 2 heterocycles. The maximum Gasteiger partial charge on any atom is 0.241 e. The van der Waals surface area contributed by atoms with Crippen molar-refractivity contribution in [2.45, 2.75) is 19.4 Å². The number of hydrogen-bond acceptors (Lipinski definition) is 6. The van der Waals surface area contributed by atoms with Gasteiger partial charge < -0.3 is 14.6 Å². The molecule has 0 radical (unpaired) electrons. The molecule has 1 atom stereocenters. The fourth-order valence-corrected chi connectivity index (χ4v) is 4.38. The third-order valence-corrected chi connectivity index (χ3v) is 6.08. The Labute approximate surface area is 200 Å². The first-order valence-corrected chi connectivity index (χ1v) is 11.2. The van der Waals surface area contributed by atoms with E-state index < -0.39 is 0 Å². The van der Waals surface area contributed by atoms with Crippen LogP contribution < -0.4 is 10.1 Å². The van der Waals surface area contributed by atoms with Gasteiger partial charge in [-0.15, -0.1) is 0 Å². The molecule has 2 aromatic carbocycles. The molecule has 7 nitrogen and oxygen atoms in total. The molecule has 32 heavy (non-hydrogen) atoms. The van der Waals surface area contributed by atoms with Crippen molar-refractivity contribution < 1.29 is 14.1 Å². The lowest BCUT2D eigenvalue weighted by Gasteiger charge is -2.31. The van der Waals surface area contributed by atoms with Gasteiger partial charge in [0, 0.05) is 22.2 Å². The van der Waals surface area contributed by atoms with Crippen molar-refractivity contribution in [3.8, 4) is 17.1 Å². The summed E-state index contributed by atoms with van der Waals surface area (Å²) in [5.41, 5.74) is 1.21. The highest BCUT2D eigenvalue weighted by atomic mass is 35.5. The summed E-state index contributed by atoms with van der Waals surface area (Å²) in [6.07, 6.45) is 1.68. The summed E-state index contributed by atoms with van der Waals surface area (Å²) in [7, 11) is 1.55. The number of anilines is 1. The van der Waals surface area contributed by atoms with Crippen molar-refractivity contribution in [3.05, 3.63) is 57.4 Å². The van der Waals surface area contributed by atoms with Gasteiger partial charge in [0.25, 0.3) is 0 Å². The van der Waals surface area contributed by atoms with Crippen molar-refractivity contribution in [1.82, 2.24) is 15.0 Å². The van der Waals surface area contributed by atoms with E-state index in [0.29, 0.717) is 56.9 Å². The molecule has 1 unspecified atom stereocenters. The fraction of sp³-hybridized carbons (Fsp3) is 0.318. The number of carbonyl (C=O) groups excluding carboxylic acids is 1. The van der Waals surface area contributed by atoms with Crippen LogP contribution >= 0.6 is 34.8 Å². The Morgan fingerprint density at radius 2 is 2.00 bits per heavy atom. The first-order valence-electron chi connectivity index (χ1n) is 10.1. The predicted octanol–water partition coefficient (Wildman–Crippen LogP) is 5.56. The molecule has 3 aromatic rings. The van der Waals surface area contributed by atoms with Crippen LogP contribution in [0, 0.1) is 5.92 Å². The predicted molar refractivity (Wildman–Crippen MR) is 124 cm³/mol. The number of methoxy groups -OCH3 is 1. The van der Waals surface area contributed by atoms with Gasteiger partial charge in [-0.25, -0.2) is 0 Å². The van der Waals surface area contributed by atoms with E-state index in [4.69, 9.17) is 44.1 Å². The SMILES string of the molecule is COc1ccc(Cl)cc1NC(=O)C1CCCN(Cc2nc(-c3ccc(Cl)cc3Cl)no2)C1. The summed E-state index contributed by atoms with van der Waals surface area (Å²) in [5.74, 6) is 1.18.